The third kappa shape index (κ3) is 5.96. The third-order valence-corrected chi connectivity index (χ3v) is 9.54. The van der Waals surface area contributed by atoms with Crippen molar-refractivity contribution in [2.24, 2.45) is 0 Å². The van der Waals surface area contributed by atoms with Crippen LogP contribution in [0.15, 0.2) is 56.9 Å². The van der Waals surface area contributed by atoms with Crippen LogP contribution in [0.2, 0.25) is 0 Å². The number of alkyl halides is 2. The second-order valence-corrected chi connectivity index (χ2v) is 12.2. The van der Waals surface area contributed by atoms with Gasteiger partial charge in [-0.3, -0.25) is 18.7 Å². The van der Waals surface area contributed by atoms with Gasteiger partial charge in [-0.25, -0.2) is 22.0 Å². The van der Waals surface area contributed by atoms with E-state index in [1.54, 1.807) is 17.0 Å². The lowest BCUT2D eigenvalue weighted by atomic mass is 10.0. The quantitative estimate of drug-likeness (QED) is 0.323. The van der Waals surface area contributed by atoms with Crippen LogP contribution in [0, 0.1) is 0 Å². The minimum Gasteiger partial charge on any atom is -0.485 e. The molecule has 0 N–H and O–H groups in total. The first-order chi connectivity index (χ1) is 20.3. The van der Waals surface area contributed by atoms with Crippen molar-refractivity contribution in [2.45, 2.75) is 36.4 Å². The Balaban J connectivity index is 1.58. The summed E-state index contributed by atoms with van der Waals surface area (Å²) < 4.78 is 67.3. The molecule has 0 unspecified atom stereocenters. The van der Waals surface area contributed by atoms with E-state index in [-0.39, 0.29) is 41.7 Å². The number of hydrogen-bond donors (Lipinski definition) is 0. The van der Waals surface area contributed by atoms with Crippen molar-refractivity contribution in [1.29, 1.82) is 0 Å². The summed E-state index contributed by atoms with van der Waals surface area (Å²) in [4.78, 5) is 40.6. The fraction of sp³-hybridized carbons (Fsp3) is 0.464. The molecule has 5 rings (SSSR count). The minimum absolute atomic E-state index is 0.0384. The van der Waals surface area contributed by atoms with Crippen molar-refractivity contribution in [2.75, 3.05) is 52.7 Å². The summed E-state index contributed by atoms with van der Waals surface area (Å²) in [6, 6.07) is 10.1. The zero-order valence-electron chi connectivity index (χ0n) is 22.9. The molecule has 226 valence electrons. The van der Waals surface area contributed by atoms with Gasteiger partial charge in [-0.15, -0.1) is 0 Å². The van der Waals surface area contributed by atoms with Crippen molar-refractivity contribution in [1.82, 2.24) is 18.3 Å². The molecular formula is C28H32F2N4O7S. The molecule has 0 saturated carbocycles. The summed E-state index contributed by atoms with van der Waals surface area (Å²) in [6.45, 7) is -0.442. The van der Waals surface area contributed by atoms with E-state index in [1.165, 1.54) is 39.2 Å². The number of rotatable bonds is 10. The number of halogens is 2. The Hall–Kier alpha value is -3.62. The Kier molecular flexibility index (Phi) is 9.04. The number of aromatic nitrogens is 2. The molecule has 2 aliphatic rings. The van der Waals surface area contributed by atoms with Crippen molar-refractivity contribution in [3.05, 3.63) is 68.9 Å². The van der Waals surface area contributed by atoms with Crippen LogP contribution in [0.3, 0.4) is 0 Å². The van der Waals surface area contributed by atoms with Gasteiger partial charge in [-0.05, 0) is 48.7 Å². The smallest absolute Gasteiger partial charge is 0.332 e. The molecule has 2 aromatic carbocycles. The number of carbonyl (C=O) groups excluding carboxylic acids is 1. The second kappa shape index (κ2) is 12.7. The largest absolute Gasteiger partial charge is 0.485 e. The van der Waals surface area contributed by atoms with E-state index in [0.717, 1.165) is 11.0 Å². The van der Waals surface area contributed by atoms with Gasteiger partial charge in [0.1, 0.15) is 19.1 Å². The molecule has 2 saturated heterocycles. The number of fused-ring (bicyclic) bond motifs is 1. The zero-order valence-corrected chi connectivity index (χ0v) is 23.7. The monoisotopic (exact) mass is 606 g/mol. The Labute approximate surface area is 240 Å². The maximum absolute atomic E-state index is 13.9. The maximum atomic E-state index is 13.9. The standard InChI is InChI=1S/C28H32F2N4O7S/c29-16-23(17-30)41-22-4-5-26-25(15-22)27(36)33(28(37)34(26)21-6-8-31(19-35)9-7-21)18-20-2-1-3-24(14-20)42(38,39)32-10-12-40-13-11-32/h1-5,14-15,19,21,23H,6-13,16-18H2. The first-order valence-electron chi connectivity index (χ1n) is 13.7. The highest BCUT2D eigenvalue weighted by Crippen LogP contribution is 2.26. The van der Waals surface area contributed by atoms with Gasteiger partial charge in [0.25, 0.3) is 5.56 Å². The molecule has 2 aliphatic heterocycles. The molecule has 14 heteroatoms. The van der Waals surface area contributed by atoms with Gasteiger partial charge in [-0.2, -0.15) is 4.31 Å². The molecule has 1 aromatic heterocycles. The van der Waals surface area contributed by atoms with Gasteiger partial charge in [0.15, 0.2) is 6.10 Å². The number of benzene rings is 2. The maximum Gasteiger partial charge on any atom is 0.332 e. The first kappa shape index (κ1) is 29.9. The number of nitrogens with zero attached hydrogens (tertiary/aromatic N) is 4. The van der Waals surface area contributed by atoms with Crippen LogP contribution in [-0.4, -0.2) is 92.0 Å². The zero-order chi connectivity index (χ0) is 29.9. The molecule has 1 amide bonds. The topological polar surface area (TPSA) is 120 Å². The summed E-state index contributed by atoms with van der Waals surface area (Å²) in [5.74, 6) is 0.0750. The second-order valence-electron chi connectivity index (χ2n) is 10.3. The molecule has 3 aromatic rings. The van der Waals surface area contributed by atoms with E-state index in [1.807, 2.05) is 0 Å². The average Bonchev–Trinajstić information content (AvgIpc) is 3.03. The van der Waals surface area contributed by atoms with Crippen molar-refractivity contribution >= 4 is 27.3 Å². The number of hydrogen-bond acceptors (Lipinski definition) is 7. The molecule has 2 fully saturated rings. The Bertz CT molecular complexity index is 1660. The van der Waals surface area contributed by atoms with Gasteiger partial charge in [-0.1, -0.05) is 12.1 Å². The predicted octanol–water partition coefficient (Wildman–Crippen LogP) is 1.71. The molecule has 0 radical (unpaired) electrons. The SMILES string of the molecule is O=CN1CCC(n2c(=O)n(Cc3cccc(S(=O)(=O)N4CCOCC4)c3)c(=O)c3cc(OC(CF)CF)ccc32)CC1. The number of morpholine rings is 1. The van der Waals surface area contributed by atoms with E-state index >= 15 is 0 Å². The summed E-state index contributed by atoms with van der Waals surface area (Å²) in [5.41, 5.74) is -0.482. The van der Waals surface area contributed by atoms with Crippen molar-refractivity contribution in [3.63, 3.8) is 0 Å². The molecular weight excluding hydrogens is 574 g/mol. The summed E-state index contributed by atoms with van der Waals surface area (Å²) in [6.07, 6.45) is 0.373. The van der Waals surface area contributed by atoms with Crippen LogP contribution in [0.25, 0.3) is 10.9 Å². The number of piperidine rings is 1. The molecule has 42 heavy (non-hydrogen) atoms. The number of likely N-dealkylation sites (tertiary alicyclic amines) is 1. The highest BCUT2D eigenvalue weighted by atomic mass is 32.2. The lowest BCUT2D eigenvalue weighted by Gasteiger charge is -2.31. The number of sulfonamides is 1. The molecule has 11 nitrogen and oxygen atoms in total. The Morgan fingerprint density at radius 3 is 2.38 bits per heavy atom. The Morgan fingerprint density at radius 1 is 1.00 bits per heavy atom. The van der Waals surface area contributed by atoms with Crippen LogP contribution < -0.4 is 16.0 Å². The van der Waals surface area contributed by atoms with Gasteiger partial charge >= 0.3 is 5.69 Å². The van der Waals surface area contributed by atoms with E-state index < -0.39 is 40.7 Å². The first-order valence-corrected chi connectivity index (χ1v) is 15.1. The van der Waals surface area contributed by atoms with Gasteiger partial charge in [0.05, 0.1) is 35.6 Å². The minimum atomic E-state index is -3.82. The van der Waals surface area contributed by atoms with Gasteiger partial charge < -0.3 is 14.4 Å². The summed E-state index contributed by atoms with van der Waals surface area (Å²) >= 11 is 0. The summed E-state index contributed by atoms with van der Waals surface area (Å²) in [7, 11) is -3.82. The third-order valence-electron chi connectivity index (χ3n) is 7.65. The predicted molar refractivity (Wildman–Crippen MR) is 150 cm³/mol. The highest BCUT2D eigenvalue weighted by molar-refractivity contribution is 7.89. The molecule has 0 bridgehead atoms. The number of carbonyl (C=O) groups is 1. The van der Waals surface area contributed by atoms with Crippen LogP contribution in [0.1, 0.15) is 24.4 Å². The van der Waals surface area contributed by atoms with Crippen LogP contribution in [-0.2, 0) is 26.1 Å². The van der Waals surface area contributed by atoms with E-state index in [9.17, 15) is 31.6 Å². The summed E-state index contributed by atoms with van der Waals surface area (Å²) in [5, 5.41) is 0.110. The van der Waals surface area contributed by atoms with Crippen LogP contribution in [0.4, 0.5) is 8.78 Å². The van der Waals surface area contributed by atoms with Crippen molar-refractivity contribution < 1.29 is 31.5 Å². The fourth-order valence-electron chi connectivity index (χ4n) is 5.40. The van der Waals surface area contributed by atoms with E-state index in [4.69, 9.17) is 9.47 Å². The van der Waals surface area contributed by atoms with Crippen LogP contribution >= 0.6 is 0 Å². The molecule has 0 spiro atoms. The fourth-order valence-corrected chi connectivity index (χ4v) is 6.88. The van der Waals surface area contributed by atoms with Crippen molar-refractivity contribution in [3.8, 4) is 5.75 Å². The average molecular weight is 607 g/mol. The molecule has 0 atom stereocenters. The number of amides is 1. The lowest BCUT2D eigenvalue weighted by molar-refractivity contribution is -0.119. The lowest BCUT2D eigenvalue weighted by Crippen LogP contribution is -2.44. The van der Waals surface area contributed by atoms with E-state index in [0.29, 0.717) is 50.2 Å². The van der Waals surface area contributed by atoms with Crippen LogP contribution in [0.5, 0.6) is 5.75 Å². The number of ether oxygens (including phenoxy) is 2. The van der Waals surface area contributed by atoms with Gasteiger partial charge in [0.2, 0.25) is 16.4 Å². The highest BCUT2D eigenvalue weighted by Gasteiger charge is 2.28. The normalized spacial score (nSPS) is 17.2. The van der Waals surface area contributed by atoms with E-state index in [2.05, 4.69) is 0 Å². The molecule has 0 aliphatic carbocycles. The van der Waals surface area contributed by atoms with Gasteiger partial charge in [0, 0.05) is 32.2 Å². The Morgan fingerprint density at radius 2 is 1.71 bits per heavy atom. The molecule has 3 heterocycles.